The van der Waals surface area contributed by atoms with Crippen molar-refractivity contribution in [3.8, 4) is 0 Å². The van der Waals surface area contributed by atoms with E-state index in [2.05, 4.69) is 0 Å². The lowest BCUT2D eigenvalue weighted by Gasteiger charge is -2.20. The molecule has 0 fully saturated rings. The first-order chi connectivity index (χ1) is 11.9. The molecule has 0 radical (unpaired) electrons. The van der Waals surface area contributed by atoms with Gasteiger partial charge in [-0.3, -0.25) is 4.79 Å². The van der Waals surface area contributed by atoms with Gasteiger partial charge in [0.05, 0.1) is 11.3 Å². The number of hydrogen-bond donors (Lipinski definition) is 2. The van der Waals surface area contributed by atoms with Crippen LogP contribution in [-0.2, 0) is 14.8 Å². The van der Waals surface area contributed by atoms with Crippen molar-refractivity contribution in [2.75, 3.05) is 0 Å². The molecule has 3 rings (SSSR count). The van der Waals surface area contributed by atoms with Gasteiger partial charge in [-0.1, -0.05) is 54.6 Å². The fourth-order valence-corrected chi connectivity index (χ4v) is 3.84. The van der Waals surface area contributed by atoms with Crippen molar-refractivity contribution >= 4 is 26.8 Å². The van der Waals surface area contributed by atoms with Gasteiger partial charge in [0.1, 0.15) is 0 Å². The SMILES string of the molecule is NS(=O)(=O)c1cc2ccccc2cc1[C@H](CC(=O)O)c1ccccc1. The molecule has 0 saturated heterocycles. The Kier molecular flexibility index (Phi) is 4.57. The van der Waals surface area contributed by atoms with Crippen LogP contribution in [0.3, 0.4) is 0 Å². The van der Waals surface area contributed by atoms with Crippen LogP contribution in [0.1, 0.15) is 23.5 Å². The van der Waals surface area contributed by atoms with E-state index in [9.17, 15) is 18.3 Å². The summed E-state index contributed by atoms with van der Waals surface area (Å²) < 4.78 is 24.3. The second kappa shape index (κ2) is 6.66. The number of rotatable bonds is 5. The first kappa shape index (κ1) is 17.1. The zero-order valence-corrected chi connectivity index (χ0v) is 14.1. The number of carbonyl (C=O) groups is 1. The van der Waals surface area contributed by atoms with Crippen molar-refractivity contribution in [1.29, 1.82) is 0 Å². The van der Waals surface area contributed by atoms with E-state index in [1.807, 2.05) is 18.2 Å². The summed E-state index contributed by atoms with van der Waals surface area (Å²) in [5.74, 6) is -1.63. The molecule has 0 saturated carbocycles. The minimum absolute atomic E-state index is 0.0405. The van der Waals surface area contributed by atoms with E-state index in [1.54, 1.807) is 42.5 Å². The summed E-state index contributed by atoms with van der Waals surface area (Å²) in [4.78, 5) is 11.4. The molecule has 0 unspecified atom stereocenters. The summed E-state index contributed by atoms with van der Waals surface area (Å²) in [6.07, 6.45) is -0.231. The summed E-state index contributed by atoms with van der Waals surface area (Å²) in [6, 6.07) is 19.5. The third kappa shape index (κ3) is 3.70. The monoisotopic (exact) mass is 355 g/mol. The Morgan fingerprint density at radius 2 is 1.52 bits per heavy atom. The lowest BCUT2D eigenvalue weighted by atomic mass is 9.87. The molecule has 0 spiro atoms. The van der Waals surface area contributed by atoms with Gasteiger partial charge in [0.25, 0.3) is 0 Å². The molecule has 0 amide bonds. The van der Waals surface area contributed by atoms with Crippen molar-refractivity contribution in [3.63, 3.8) is 0 Å². The third-order valence-corrected chi connectivity index (χ3v) is 5.11. The summed E-state index contributed by atoms with van der Waals surface area (Å²) in [5, 5.41) is 16.3. The number of aliphatic carboxylic acids is 1. The summed E-state index contributed by atoms with van der Waals surface area (Å²) in [7, 11) is -4.01. The molecule has 3 N–H and O–H groups in total. The Balaban J connectivity index is 2.30. The number of primary sulfonamides is 1. The van der Waals surface area contributed by atoms with Crippen LogP contribution in [0.5, 0.6) is 0 Å². The number of carboxylic acid groups (broad SMARTS) is 1. The molecule has 128 valence electrons. The minimum atomic E-state index is -4.01. The van der Waals surface area contributed by atoms with Gasteiger partial charge in [-0.05, 0) is 34.0 Å². The van der Waals surface area contributed by atoms with Gasteiger partial charge in [0.15, 0.2) is 0 Å². The molecule has 3 aromatic carbocycles. The van der Waals surface area contributed by atoms with Gasteiger partial charge in [0.2, 0.25) is 10.0 Å². The van der Waals surface area contributed by atoms with E-state index >= 15 is 0 Å². The maximum atomic E-state index is 12.1. The Hall–Kier alpha value is -2.70. The third-order valence-electron chi connectivity index (χ3n) is 4.14. The molecule has 0 heterocycles. The predicted molar refractivity (Wildman–Crippen MR) is 95.9 cm³/mol. The minimum Gasteiger partial charge on any atom is -0.481 e. The maximum absolute atomic E-state index is 12.1. The van der Waals surface area contributed by atoms with Crippen LogP contribution in [0.2, 0.25) is 0 Å². The van der Waals surface area contributed by atoms with Crippen molar-refractivity contribution in [2.24, 2.45) is 5.14 Å². The average Bonchev–Trinajstić information content (AvgIpc) is 2.58. The highest BCUT2D eigenvalue weighted by Gasteiger charge is 2.25. The molecular formula is C19H17NO4S. The van der Waals surface area contributed by atoms with Crippen LogP contribution < -0.4 is 5.14 Å². The fourth-order valence-electron chi connectivity index (χ4n) is 3.02. The smallest absolute Gasteiger partial charge is 0.304 e. The molecule has 0 aliphatic rings. The predicted octanol–water partition coefficient (Wildman–Crippen LogP) is 3.09. The standard InChI is InChI=1S/C19H17NO4S/c20-25(23,24)18-11-15-9-5-4-8-14(15)10-17(18)16(12-19(21)22)13-6-2-1-3-7-13/h1-11,16H,12H2,(H,21,22)(H2,20,23,24)/t16-/m1/s1. The van der Waals surface area contributed by atoms with E-state index in [0.717, 1.165) is 16.3 Å². The number of sulfonamides is 1. The van der Waals surface area contributed by atoms with Gasteiger partial charge in [-0.25, -0.2) is 13.6 Å². The summed E-state index contributed by atoms with van der Waals surface area (Å²) >= 11 is 0. The maximum Gasteiger partial charge on any atom is 0.304 e. The molecule has 6 heteroatoms. The lowest BCUT2D eigenvalue weighted by molar-refractivity contribution is -0.137. The van der Waals surface area contributed by atoms with Gasteiger partial charge >= 0.3 is 5.97 Å². The second-order valence-electron chi connectivity index (χ2n) is 5.84. The highest BCUT2D eigenvalue weighted by Crippen LogP contribution is 2.35. The Labute approximate surface area is 145 Å². The largest absolute Gasteiger partial charge is 0.481 e. The zero-order valence-electron chi connectivity index (χ0n) is 13.3. The average molecular weight is 355 g/mol. The van der Waals surface area contributed by atoms with Crippen LogP contribution >= 0.6 is 0 Å². The molecular weight excluding hydrogens is 338 g/mol. The lowest BCUT2D eigenvalue weighted by Crippen LogP contribution is -2.18. The van der Waals surface area contributed by atoms with Gasteiger partial charge < -0.3 is 5.11 Å². The molecule has 1 atom stereocenters. The number of fused-ring (bicyclic) bond motifs is 1. The Morgan fingerprint density at radius 1 is 0.960 bits per heavy atom. The molecule has 0 aliphatic heterocycles. The van der Waals surface area contributed by atoms with Gasteiger partial charge in [-0.15, -0.1) is 0 Å². The first-order valence-electron chi connectivity index (χ1n) is 7.68. The topological polar surface area (TPSA) is 97.5 Å². The molecule has 0 aliphatic carbocycles. The van der Waals surface area contributed by atoms with Crippen LogP contribution in [0, 0.1) is 0 Å². The van der Waals surface area contributed by atoms with Crippen molar-refractivity contribution in [2.45, 2.75) is 17.2 Å². The van der Waals surface area contributed by atoms with E-state index in [1.165, 1.54) is 6.07 Å². The number of benzene rings is 3. The number of hydrogen-bond acceptors (Lipinski definition) is 3. The Morgan fingerprint density at radius 3 is 2.08 bits per heavy atom. The van der Waals surface area contributed by atoms with Crippen molar-refractivity contribution in [3.05, 3.63) is 77.9 Å². The number of nitrogens with two attached hydrogens (primary N) is 1. The van der Waals surface area contributed by atoms with Gasteiger partial charge in [-0.2, -0.15) is 0 Å². The molecule has 3 aromatic rings. The first-order valence-corrected chi connectivity index (χ1v) is 9.23. The van der Waals surface area contributed by atoms with E-state index in [0.29, 0.717) is 5.56 Å². The van der Waals surface area contributed by atoms with Crippen LogP contribution in [0.4, 0.5) is 0 Å². The molecule has 25 heavy (non-hydrogen) atoms. The molecule has 0 aromatic heterocycles. The van der Waals surface area contributed by atoms with Gasteiger partial charge in [0, 0.05) is 5.92 Å². The van der Waals surface area contributed by atoms with E-state index in [-0.39, 0.29) is 11.3 Å². The van der Waals surface area contributed by atoms with Crippen LogP contribution in [-0.4, -0.2) is 19.5 Å². The van der Waals surface area contributed by atoms with Crippen LogP contribution in [0.15, 0.2) is 71.6 Å². The summed E-state index contributed by atoms with van der Waals surface area (Å²) in [6.45, 7) is 0. The molecule has 0 bridgehead atoms. The van der Waals surface area contributed by atoms with Crippen molar-refractivity contribution < 1.29 is 18.3 Å². The highest BCUT2D eigenvalue weighted by atomic mass is 32.2. The van der Waals surface area contributed by atoms with E-state index in [4.69, 9.17) is 5.14 Å². The van der Waals surface area contributed by atoms with Crippen LogP contribution in [0.25, 0.3) is 10.8 Å². The second-order valence-corrected chi connectivity index (χ2v) is 7.37. The summed E-state index contributed by atoms with van der Waals surface area (Å²) in [5.41, 5.74) is 1.12. The van der Waals surface area contributed by atoms with Crippen molar-refractivity contribution in [1.82, 2.24) is 0 Å². The Bertz CT molecular complexity index is 1030. The molecule has 5 nitrogen and oxygen atoms in total. The quantitative estimate of drug-likeness (QED) is 0.735. The fraction of sp³-hybridized carbons (Fsp3) is 0.105. The van der Waals surface area contributed by atoms with E-state index < -0.39 is 21.9 Å². The highest BCUT2D eigenvalue weighted by molar-refractivity contribution is 7.89. The zero-order chi connectivity index (χ0) is 18.0. The normalized spacial score (nSPS) is 12.8. The number of carboxylic acids is 1.